The summed E-state index contributed by atoms with van der Waals surface area (Å²) in [6.45, 7) is 2.53. The third-order valence-electron chi connectivity index (χ3n) is 10.1. The number of likely N-dealkylation sites (N-methyl/N-ethyl adjacent to an activating group) is 1. The number of rotatable bonds is 16. The van der Waals surface area contributed by atoms with E-state index >= 15 is 0 Å². The monoisotopic (exact) mass is 849 g/mol. The van der Waals surface area contributed by atoms with Gasteiger partial charge in [0.05, 0.1) is 18.2 Å². The van der Waals surface area contributed by atoms with Gasteiger partial charge in [0.15, 0.2) is 0 Å². The normalized spacial score (nSPS) is 19.7. The number of para-hydroxylation sites is 1. The number of benzene rings is 2. The molecule has 4 aromatic rings. The number of aliphatic hydroxyl groups is 3. The van der Waals surface area contributed by atoms with Crippen LogP contribution in [0.25, 0.3) is 10.9 Å². The molecule has 1 aliphatic rings. The molecule has 5 amide bonds. The van der Waals surface area contributed by atoms with E-state index in [1.165, 1.54) is 26.1 Å². The number of H-pyrrole nitrogens is 2. The van der Waals surface area contributed by atoms with Crippen LogP contribution in [0, 0.1) is 0 Å². The number of aromatic nitrogens is 3. The van der Waals surface area contributed by atoms with E-state index in [0.29, 0.717) is 11.1 Å². The van der Waals surface area contributed by atoms with Crippen molar-refractivity contribution in [2.75, 3.05) is 7.05 Å². The minimum atomic E-state index is -1.80. The highest BCUT2D eigenvalue weighted by molar-refractivity contribution is 5.94. The minimum absolute atomic E-state index is 0.0303. The van der Waals surface area contributed by atoms with Crippen LogP contribution in [-0.2, 0) is 36.8 Å². The number of aromatic amines is 2. The molecule has 1 aliphatic heterocycles. The molecule has 0 aliphatic carbocycles. The summed E-state index contributed by atoms with van der Waals surface area (Å²) in [5.74, 6) is -4.80. The first kappa shape index (κ1) is 45.1. The van der Waals surface area contributed by atoms with Crippen LogP contribution in [0.15, 0.2) is 88.5 Å². The van der Waals surface area contributed by atoms with E-state index in [1.54, 1.807) is 42.6 Å². The number of aromatic hydroxyl groups is 1. The summed E-state index contributed by atoms with van der Waals surface area (Å²) in [6, 6.07) is 5.52. The molecule has 1 saturated heterocycles. The predicted molar refractivity (Wildman–Crippen MR) is 214 cm³/mol. The zero-order chi connectivity index (χ0) is 44.7. The average molecular weight is 850 g/mol. The van der Waals surface area contributed by atoms with Crippen molar-refractivity contribution >= 4 is 40.6 Å². The molecule has 61 heavy (non-hydrogen) atoms. The molecule has 1 fully saturated rings. The minimum Gasteiger partial charge on any atom is -0.508 e. The number of nitrogens with two attached hydrogens (primary N) is 1. The molecule has 2 aromatic carbocycles. The Bertz CT molecular complexity index is 2410. The average Bonchev–Trinajstić information content (AvgIpc) is 3.75. The molecule has 0 bridgehead atoms. The van der Waals surface area contributed by atoms with Gasteiger partial charge in [0, 0.05) is 49.0 Å². The van der Waals surface area contributed by atoms with E-state index in [9.17, 15) is 59.1 Å². The fourth-order valence-corrected chi connectivity index (χ4v) is 6.63. The molecule has 0 spiro atoms. The lowest BCUT2D eigenvalue weighted by Crippen LogP contribution is -2.63. The van der Waals surface area contributed by atoms with Gasteiger partial charge >= 0.3 is 17.7 Å². The fraction of sp³-hybridized carbons (Fsp3) is 0.359. The standard InChI is InChI=1S/C39H47N9O13/c1-18(47(3)35(56)24(40)14-20-7-6-8-22(50)13-20)29(33(54)42-17-27-31(52)32(53)36(61-27)48-12-11-28(51)44-39(48)60)45-34(55)30(19(2)49)46-38(59)43-26(37(57)58)15-21-16-41-25-10-5-4-9-23(21)25/h4-13,16-19,24,26,29-32,36,41,49-50,52-53H,14-15,40H2,1-3H3,(H,42,54)(H,45,55)(H,57,58)(H2,43,46,59)(H,44,51,60)/b27-17-/t18-,19+,24-,26-,29-,30-,31+,32+,36+/m0/s1. The maximum absolute atomic E-state index is 13.9. The smallest absolute Gasteiger partial charge is 0.331 e. The van der Waals surface area contributed by atoms with E-state index in [0.717, 1.165) is 45.8 Å². The summed E-state index contributed by atoms with van der Waals surface area (Å²) in [5.41, 5.74) is 6.36. The van der Waals surface area contributed by atoms with Crippen LogP contribution in [0.2, 0.25) is 0 Å². The number of urea groups is 1. The molecule has 22 nitrogen and oxygen atoms in total. The lowest BCUT2D eigenvalue weighted by molar-refractivity contribution is -0.139. The fourth-order valence-electron chi connectivity index (χ4n) is 6.63. The largest absolute Gasteiger partial charge is 0.508 e. The number of phenolic OH excluding ortho intramolecular Hbond substituents is 1. The summed E-state index contributed by atoms with van der Waals surface area (Å²) in [5, 5.41) is 61.7. The Balaban J connectivity index is 1.35. The molecule has 326 valence electrons. The van der Waals surface area contributed by atoms with Crippen molar-refractivity contribution in [3.63, 3.8) is 0 Å². The molecule has 2 aromatic heterocycles. The van der Waals surface area contributed by atoms with Crippen molar-refractivity contribution in [3.05, 3.63) is 111 Å². The van der Waals surface area contributed by atoms with Gasteiger partial charge in [-0.15, -0.1) is 0 Å². The molecule has 0 unspecified atom stereocenters. The number of amides is 5. The van der Waals surface area contributed by atoms with Crippen molar-refractivity contribution in [1.29, 1.82) is 0 Å². The number of nitrogens with one attached hydrogen (secondary N) is 6. The van der Waals surface area contributed by atoms with Gasteiger partial charge in [-0.25, -0.2) is 14.4 Å². The maximum atomic E-state index is 13.9. The number of carboxylic acids is 1. The van der Waals surface area contributed by atoms with Crippen LogP contribution >= 0.6 is 0 Å². The number of ether oxygens (including phenoxy) is 1. The van der Waals surface area contributed by atoms with Crippen LogP contribution in [0.3, 0.4) is 0 Å². The molecular formula is C39H47N9O13. The van der Waals surface area contributed by atoms with E-state index in [1.807, 2.05) is 4.98 Å². The van der Waals surface area contributed by atoms with Gasteiger partial charge in [-0.05, 0) is 49.6 Å². The van der Waals surface area contributed by atoms with Crippen molar-refractivity contribution in [3.8, 4) is 5.75 Å². The first-order chi connectivity index (χ1) is 28.9. The lowest BCUT2D eigenvalue weighted by atomic mass is 10.0. The second-order valence-corrected chi connectivity index (χ2v) is 14.5. The number of phenols is 1. The Morgan fingerprint density at radius 3 is 2.36 bits per heavy atom. The Morgan fingerprint density at radius 1 is 0.967 bits per heavy atom. The summed E-state index contributed by atoms with van der Waals surface area (Å²) in [7, 11) is 1.30. The zero-order valence-corrected chi connectivity index (χ0v) is 33.0. The first-order valence-corrected chi connectivity index (χ1v) is 18.8. The second kappa shape index (κ2) is 19.4. The number of carbonyl (C=O) groups excluding carboxylic acids is 4. The van der Waals surface area contributed by atoms with Gasteiger partial charge in [-0.2, -0.15) is 0 Å². The summed E-state index contributed by atoms with van der Waals surface area (Å²) >= 11 is 0. The Hall–Kier alpha value is -7.01. The van der Waals surface area contributed by atoms with E-state index in [2.05, 4.69) is 26.3 Å². The molecule has 0 saturated carbocycles. The number of hydrogen-bond acceptors (Lipinski definition) is 13. The van der Waals surface area contributed by atoms with Crippen molar-refractivity contribution in [1.82, 2.24) is 40.7 Å². The van der Waals surface area contributed by atoms with Gasteiger partial charge in [-0.3, -0.25) is 28.7 Å². The third-order valence-corrected chi connectivity index (χ3v) is 10.1. The zero-order valence-electron chi connectivity index (χ0n) is 33.0. The third kappa shape index (κ3) is 10.8. The van der Waals surface area contributed by atoms with Crippen LogP contribution in [0.4, 0.5) is 4.79 Å². The van der Waals surface area contributed by atoms with E-state index in [-0.39, 0.29) is 18.6 Å². The van der Waals surface area contributed by atoms with Gasteiger partial charge in [0.1, 0.15) is 41.8 Å². The number of hydrogen-bond donors (Lipinski definition) is 12. The number of aliphatic hydroxyl groups excluding tert-OH is 3. The van der Waals surface area contributed by atoms with E-state index < -0.39 is 101 Å². The molecule has 9 atom stereocenters. The van der Waals surface area contributed by atoms with Crippen LogP contribution in [0.1, 0.15) is 31.2 Å². The topological polar surface area (TPSA) is 344 Å². The SMILES string of the molecule is C[C@@H](O)[C@H](NC(=O)N[C@@H](Cc1c[nH]c2ccccc12)C(=O)O)C(=O)N[C@H](C(=O)N/C=C1\O[C@@H](n2ccc(=O)[nH]c2=O)[C@H](O)[C@@H]1O)[C@H](C)N(C)C(=O)[C@@H](N)Cc1cccc(O)c1. The highest BCUT2D eigenvalue weighted by Gasteiger charge is 2.42. The number of fused-ring (bicyclic) bond motifs is 1. The predicted octanol–water partition coefficient (Wildman–Crippen LogP) is -2.42. The molecule has 13 N–H and O–H groups in total. The van der Waals surface area contributed by atoms with Crippen molar-refractivity contribution < 1.29 is 54.2 Å². The molecule has 5 rings (SSSR count). The first-order valence-electron chi connectivity index (χ1n) is 18.8. The molecular weight excluding hydrogens is 802 g/mol. The van der Waals surface area contributed by atoms with E-state index in [4.69, 9.17) is 10.5 Å². The second-order valence-electron chi connectivity index (χ2n) is 14.5. The maximum Gasteiger partial charge on any atom is 0.331 e. The Labute approximate surface area is 346 Å². The summed E-state index contributed by atoms with van der Waals surface area (Å²) in [6.07, 6.45) is -3.46. The van der Waals surface area contributed by atoms with Crippen LogP contribution < -0.4 is 38.2 Å². The highest BCUT2D eigenvalue weighted by atomic mass is 16.6. The Morgan fingerprint density at radius 2 is 1.69 bits per heavy atom. The molecule has 0 radical (unpaired) electrons. The Kier molecular flexibility index (Phi) is 14.3. The van der Waals surface area contributed by atoms with Gasteiger partial charge in [-0.1, -0.05) is 30.3 Å². The highest BCUT2D eigenvalue weighted by Crippen LogP contribution is 2.30. The molecule has 3 heterocycles. The van der Waals surface area contributed by atoms with Gasteiger partial charge in [0.25, 0.3) is 5.56 Å². The van der Waals surface area contributed by atoms with Gasteiger partial charge in [0.2, 0.25) is 23.9 Å². The number of carboxylic acid groups (broad SMARTS) is 1. The van der Waals surface area contributed by atoms with Crippen molar-refractivity contribution in [2.24, 2.45) is 5.73 Å². The lowest BCUT2D eigenvalue weighted by Gasteiger charge is -2.34. The number of nitrogens with zero attached hydrogens (tertiary/aromatic N) is 2. The number of carbonyl (C=O) groups is 5. The van der Waals surface area contributed by atoms with Crippen molar-refractivity contribution in [2.45, 2.75) is 81.4 Å². The quantitative estimate of drug-likeness (QED) is 0.0559. The van der Waals surface area contributed by atoms with Gasteiger partial charge < -0.3 is 67.2 Å². The molecule has 22 heteroatoms. The summed E-state index contributed by atoms with van der Waals surface area (Å²) in [4.78, 5) is 96.7. The van der Waals surface area contributed by atoms with Crippen LogP contribution in [0.5, 0.6) is 5.75 Å². The summed E-state index contributed by atoms with van der Waals surface area (Å²) < 4.78 is 6.33. The van der Waals surface area contributed by atoms with Crippen LogP contribution in [-0.4, -0.2) is 130 Å². The number of aliphatic carboxylic acids is 1.